The van der Waals surface area contributed by atoms with Gasteiger partial charge in [0.15, 0.2) is 0 Å². The summed E-state index contributed by atoms with van der Waals surface area (Å²) in [5.74, 6) is 0.293. The normalized spacial score (nSPS) is 23.9. The molecule has 0 bridgehead atoms. The average Bonchev–Trinajstić information content (AvgIpc) is 2.95. The summed E-state index contributed by atoms with van der Waals surface area (Å²) in [7, 11) is -3.68. The highest BCUT2D eigenvalue weighted by molar-refractivity contribution is 7.89. The second kappa shape index (κ2) is 8.35. The summed E-state index contributed by atoms with van der Waals surface area (Å²) in [6.07, 6.45) is 1.95. The molecule has 2 fully saturated rings. The van der Waals surface area contributed by atoms with Crippen LogP contribution in [0.25, 0.3) is 0 Å². The van der Waals surface area contributed by atoms with Crippen LogP contribution in [-0.2, 0) is 14.8 Å². The summed E-state index contributed by atoms with van der Waals surface area (Å²) in [6, 6.07) is 4.23. The molecule has 0 radical (unpaired) electrons. The Bertz CT molecular complexity index is 883. The zero-order valence-corrected chi connectivity index (χ0v) is 19.6. The van der Waals surface area contributed by atoms with E-state index in [1.165, 1.54) is 22.5 Å². The van der Waals surface area contributed by atoms with E-state index in [9.17, 15) is 13.2 Å². The van der Waals surface area contributed by atoms with E-state index in [-0.39, 0.29) is 33.8 Å². The Kier molecular flexibility index (Phi) is 6.57. The first-order valence-corrected chi connectivity index (χ1v) is 12.3. The van der Waals surface area contributed by atoms with Gasteiger partial charge in [-0.25, -0.2) is 8.42 Å². The second-order valence-corrected chi connectivity index (χ2v) is 11.1. The van der Waals surface area contributed by atoms with Crippen molar-refractivity contribution < 1.29 is 13.2 Å². The molecule has 29 heavy (non-hydrogen) atoms. The molecule has 1 N–H and O–H groups in total. The zero-order chi connectivity index (χ0) is 21.6. The summed E-state index contributed by atoms with van der Waals surface area (Å²) < 4.78 is 27.6. The number of hydrogen-bond acceptors (Lipinski definition) is 4. The Morgan fingerprint density at radius 3 is 2.31 bits per heavy atom. The molecule has 1 aromatic carbocycles. The van der Waals surface area contributed by atoms with Crippen LogP contribution in [0.1, 0.15) is 47.0 Å². The minimum absolute atomic E-state index is 0.0944. The van der Waals surface area contributed by atoms with Crippen LogP contribution in [0.15, 0.2) is 23.1 Å². The number of carbonyl (C=O) groups is 1. The second-order valence-electron chi connectivity index (χ2n) is 8.34. The molecule has 1 aromatic rings. The smallest absolute Gasteiger partial charge is 0.243 e. The first kappa shape index (κ1) is 22.8. The average molecular weight is 462 g/mol. The van der Waals surface area contributed by atoms with Crippen LogP contribution in [0.3, 0.4) is 0 Å². The van der Waals surface area contributed by atoms with E-state index >= 15 is 0 Å². The molecule has 2 heterocycles. The lowest BCUT2D eigenvalue weighted by Gasteiger charge is -2.46. The van der Waals surface area contributed by atoms with Crippen molar-refractivity contribution in [2.45, 2.75) is 69.6 Å². The topological polar surface area (TPSA) is 69.7 Å². The van der Waals surface area contributed by atoms with Crippen molar-refractivity contribution in [1.29, 1.82) is 0 Å². The van der Waals surface area contributed by atoms with Crippen LogP contribution in [0.2, 0.25) is 10.0 Å². The summed E-state index contributed by atoms with van der Waals surface area (Å²) in [4.78, 5) is 15.2. The van der Waals surface area contributed by atoms with E-state index in [4.69, 9.17) is 23.2 Å². The summed E-state index contributed by atoms with van der Waals surface area (Å²) in [6.45, 7) is 8.86. The Labute approximate surface area is 183 Å². The Morgan fingerprint density at radius 2 is 1.79 bits per heavy atom. The highest BCUT2D eigenvalue weighted by atomic mass is 35.5. The number of hydrogen-bond donors (Lipinski definition) is 1. The lowest BCUT2D eigenvalue weighted by Crippen LogP contribution is -2.61. The molecule has 2 aliphatic rings. The number of nitrogens with one attached hydrogen (secondary N) is 1. The molecular weight excluding hydrogens is 433 g/mol. The fourth-order valence-electron chi connectivity index (χ4n) is 4.32. The largest absolute Gasteiger partial charge is 0.320 e. The van der Waals surface area contributed by atoms with Crippen molar-refractivity contribution in [2.24, 2.45) is 5.92 Å². The van der Waals surface area contributed by atoms with Crippen molar-refractivity contribution >= 4 is 39.1 Å². The fraction of sp³-hybridized carbons (Fsp3) is 0.650. The summed E-state index contributed by atoms with van der Waals surface area (Å²) in [5.41, 5.74) is -0.495. The van der Waals surface area contributed by atoms with Crippen LogP contribution in [0.5, 0.6) is 0 Å². The van der Waals surface area contributed by atoms with Gasteiger partial charge in [0.1, 0.15) is 0 Å². The standard InChI is InChI=1S/C20H29Cl2N3O3S/c1-5-14(4)25-19(26)18(13(2)3)23-20(25)8-10-24(11-9-20)29(27,28)15-6-7-16(21)17(22)12-15/h6-7,12-14,18,23H,5,8-11H2,1-4H3/t14-,18+/m1/s1. The van der Waals surface area contributed by atoms with Gasteiger partial charge in [-0.3, -0.25) is 10.1 Å². The Hall–Kier alpha value is -0.860. The van der Waals surface area contributed by atoms with E-state index < -0.39 is 15.7 Å². The lowest BCUT2D eigenvalue weighted by molar-refractivity contribution is -0.136. The maximum atomic E-state index is 13.1. The Morgan fingerprint density at radius 1 is 1.17 bits per heavy atom. The number of rotatable bonds is 5. The summed E-state index contributed by atoms with van der Waals surface area (Å²) in [5, 5.41) is 4.10. The molecule has 0 unspecified atom stereocenters. The maximum absolute atomic E-state index is 13.1. The molecule has 1 amide bonds. The van der Waals surface area contributed by atoms with Gasteiger partial charge in [-0.05, 0) is 50.3 Å². The number of piperidine rings is 1. The molecular formula is C20H29Cl2N3O3S. The number of amides is 1. The third-order valence-corrected chi connectivity index (χ3v) is 8.80. The SMILES string of the molecule is CC[C@@H](C)N1C(=O)[C@H](C(C)C)NC12CCN(S(=O)(=O)c1ccc(Cl)c(Cl)c1)CC2. The molecule has 0 aliphatic carbocycles. The summed E-state index contributed by atoms with van der Waals surface area (Å²) >= 11 is 11.9. The molecule has 6 nitrogen and oxygen atoms in total. The van der Waals surface area contributed by atoms with Gasteiger partial charge in [-0.15, -0.1) is 0 Å². The first-order valence-electron chi connectivity index (χ1n) is 10.1. The maximum Gasteiger partial charge on any atom is 0.243 e. The third-order valence-electron chi connectivity index (χ3n) is 6.17. The van der Waals surface area contributed by atoms with Gasteiger partial charge in [-0.1, -0.05) is 44.0 Å². The lowest BCUT2D eigenvalue weighted by atomic mass is 9.95. The highest BCUT2D eigenvalue weighted by Gasteiger charge is 2.54. The molecule has 1 spiro atoms. The van der Waals surface area contributed by atoms with E-state index in [1.54, 1.807) is 0 Å². The van der Waals surface area contributed by atoms with Crippen molar-refractivity contribution in [3.8, 4) is 0 Å². The molecule has 162 valence electrons. The fourth-order valence-corrected chi connectivity index (χ4v) is 6.15. The predicted molar refractivity (Wildman–Crippen MR) is 116 cm³/mol. The van der Waals surface area contributed by atoms with Gasteiger partial charge >= 0.3 is 0 Å². The zero-order valence-electron chi connectivity index (χ0n) is 17.3. The molecule has 0 saturated carbocycles. The van der Waals surface area contributed by atoms with E-state index in [2.05, 4.69) is 19.2 Å². The predicted octanol–water partition coefficient (Wildman–Crippen LogP) is 3.73. The van der Waals surface area contributed by atoms with E-state index in [1.807, 2.05) is 18.7 Å². The number of sulfonamides is 1. The van der Waals surface area contributed by atoms with Gasteiger partial charge in [-0.2, -0.15) is 4.31 Å². The van der Waals surface area contributed by atoms with Crippen molar-refractivity contribution in [3.63, 3.8) is 0 Å². The van der Waals surface area contributed by atoms with E-state index in [0.717, 1.165) is 6.42 Å². The molecule has 9 heteroatoms. The number of halogens is 2. The van der Waals surface area contributed by atoms with Crippen LogP contribution in [0.4, 0.5) is 0 Å². The number of benzene rings is 1. The van der Waals surface area contributed by atoms with Gasteiger partial charge in [0.25, 0.3) is 0 Å². The van der Waals surface area contributed by atoms with Gasteiger partial charge in [0, 0.05) is 19.1 Å². The van der Waals surface area contributed by atoms with Crippen LogP contribution < -0.4 is 5.32 Å². The van der Waals surface area contributed by atoms with Crippen LogP contribution in [0, 0.1) is 5.92 Å². The monoisotopic (exact) mass is 461 g/mol. The van der Waals surface area contributed by atoms with Crippen molar-refractivity contribution in [1.82, 2.24) is 14.5 Å². The van der Waals surface area contributed by atoms with Crippen LogP contribution in [-0.4, -0.2) is 54.4 Å². The third kappa shape index (κ3) is 4.04. The first-order chi connectivity index (χ1) is 13.5. The van der Waals surface area contributed by atoms with Crippen LogP contribution >= 0.6 is 23.2 Å². The molecule has 2 atom stereocenters. The highest BCUT2D eigenvalue weighted by Crippen LogP contribution is 2.38. The number of carbonyl (C=O) groups excluding carboxylic acids is 1. The minimum Gasteiger partial charge on any atom is -0.320 e. The van der Waals surface area contributed by atoms with Gasteiger partial charge in [0.2, 0.25) is 15.9 Å². The molecule has 2 aliphatic heterocycles. The number of nitrogens with zero attached hydrogens (tertiary/aromatic N) is 2. The molecule has 2 saturated heterocycles. The van der Waals surface area contributed by atoms with Crippen molar-refractivity contribution in [2.75, 3.05) is 13.1 Å². The molecule has 0 aromatic heterocycles. The van der Waals surface area contributed by atoms with Gasteiger partial charge in [0.05, 0.1) is 26.6 Å². The minimum atomic E-state index is -3.68. The quantitative estimate of drug-likeness (QED) is 0.724. The van der Waals surface area contributed by atoms with Crippen molar-refractivity contribution in [3.05, 3.63) is 28.2 Å². The molecule has 3 rings (SSSR count). The van der Waals surface area contributed by atoms with Gasteiger partial charge < -0.3 is 4.90 Å². The Balaban J connectivity index is 1.84. The van der Waals surface area contributed by atoms with E-state index in [0.29, 0.717) is 31.0 Å².